The normalized spacial score (nSPS) is 20.5. The summed E-state index contributed by atoms with van der Waals surface area (Å²) in [4.78, 5) is 15.7. The molecule has 1 atom stereocenters. The molecule has 0 amide bonds. The van der Waals surface area contributed by atoms with Crippen LogP contribution in [0.25, 0.3) is 10.9 Å². The molecule has 2 aliphatic rings. The topological polar surface area (TPSA) is 38.1 Å². The van der Waals surface area contributed by atoms with Crippen molar-refractivity contribution in [2.75, 3.05) is 13.1 Å². The summed E-state index contributed by atoms with van der Waals surface area (Å²) in [5.74, 6) is 1.20. The summed E-state index contributed by atoms with van der Waals surface area (Å²) in [6, 6.07) is 15.0. The Bertz CT molecular complexity index is 1040. The minimum absolute atomic E-state index is 0.167. The Labute approximate surface area is 172 Å². The van der Waals surface area contributed by atoms with E-state index in [2.05, 4.69) is 52.5 Å². The van der Waals surface area contributed by atoms with Crippen LogP contribution in [0.15, 0.2) is 42.5 Å². The smallest absolute Gasteiger partial charge is 0.166 e. The van der Waals surface area contributed by atoms with Crippen molar-refractivity contribution in [1.29, 1.82) is 0 Å². The molecule has 1 fully saturated rings. The van der Waals surface area contributed by atoms with Gasteiger partial charge < -0.3 is 0 Å². The average Bonchev–Trinajstić information content (AvgIpc) is 3.18. The molecule has 2 heterocycles. The fraction of sp³-hybridized carbons (Fsp3) is 0.440. The van der Waals surface area contributed by atoms with Gasteiger partial charge in [-0.05, 0) is 74.9 Å². The van der Waals surface area contributed by atoms with Crippen molar-refractivity contribution >= 4 is 16.7 Å². The Morgan fingerprint density at radius 1 is 1.10 bits per heavy atom. The first-order valence-electron chi connectivity index (χ1n) is 10.8. The van der Waals surface area contributed by atoms with Crippen molar-refractivity contribution in [2.24, 2.45) is 18.9 Å². The quantitative estimate of drug-likeness (QED) is 0.660. The van der Waals surface area contributed by atoms with Crippen LogP contribution in [-0.2, 0) is 20.0 Å². The van der Waals surface area contributed by atoms with Crippen molar-refractivity contribution < 1.29 is 4.79 Å². The van der Waals surface area contributed by atoms with E-state index in [9.17, 15) is 4.79 Å². The SMILES string of the molecule is Cc1nn(C)c2cc3c(cc12)C(=O)C(CC1CCN(Cc2ccccc2)CC1)C3. The standard InChI is InChI=1S/C25H29N3O/c1-17-22-15-23-20(14-24(22)27(2)26-17)13-21(25(23)29)12-18-8-10-28(11-9-18)16-19-6-4-3-5-7-19/h3-7,14-15,18,21H,8-13,16H2,1-2H3. The minimum atomic E-state index is 0.167. The maximum Gasteiger partial charge on any atom is 0.166 e. The van der Waals surface area contributed by atoms with Crippen molar-refractivity contribution in [3.05, 3.63) is 64.8 Å². The lowest BCUT2D eigenvalue weighted by Gasteiger charge is -2.32. The molecule has 1 aliphatic carbocycles. The minimum Gasteiger partial charge on any atom is -0.299 e. The third-order valence-corrected chi connectivity index (χ3v) is 6.94. The summed E-state index contributed by atoms with van der Waals surface area (Å²) in [5, 5.41) is 5.63. The van der Waals surface area contributed by atoms with Gasteiger partial charge >= 0.3 is 0 Å². The lowest BCUT2D eigenvalue weighted by Crippen LogP contribution is -2.34. The van der Waals surface area contributed by atoms with E-state index >= 15 is 0 Å². The molecule has 1 aliphatic heterocycles. The summed E-state index contributed by atoms with van der Waals surface area (Å²) in [6.07, 6.45) is 4.36. The highest BCUT2D eigenvalue weighted by molar-refractivity contribution is 6.05. The second-order valence-electron chi connectivity index (χ2n) is 8.94. The van der Waals surface area contributed by atoms with Crippen LogP contribution in [0.2, 0.25) is 0 Å². The van der Waals surface area contributed by atoms with Crippen molar-refractivity contribution in [2.45, 2.75) is 39.2 Å². The highest BCUT2D eigenvalue weighted by atomic mass is 16.1. The number of carbonyl (C=O) groups excluding carboxylic acids is 1. The number of carbonyl (C=O) groups is 1. The number of hydrogen-bond acceptors (Lipinski definition) is 3. The van der Waals surface area contributed by atoms with Crippen LogP contribution < -0.4 is 0 Å². The summed E-state index contributed by atoms with van der Waals surface area (Å²) in [7, 11) is 1.99. The molecule has 0 saturated carbocycles. The second kappa shape index (κ2) is 7.42. The van der Waals surface area contributed by atoms with E-state index in [1.54, 1.807) is 0 Å². The van der Waals surface area contributed by atoms with Crippen LogP contribution in [-0.4, -0.2) is 33.6 Å². The average molecular weight is 388 g/mol. The molecule has 3 aromatic rings. The predicted octanol–water partition coefficient (Wildman–Crippen LogP) is 4.54. The third kappa shape index (κ3) is 3.51. The molecule has 1 saturated heterocycles. The molecular formula is C25H29N3O. The van der Waals surface area contributed by atoms with Crippen molar-refractivity contribution in [3.63, 3.8) is 0 Å². The number of benzene rings is 2. The zero-order valence-electron chi connectivity index (χ0n) is 17.4. The first-order valence-corrected chi connectivity index (χ1v) is 10.8. The molecule has 4 nitrogen and oxygen atoms in total. The maximum absolute atomic E-state index is 13.1. The van der Waals surface area contributed by atoms with E-state index in [1.165, 1.54) is 24.0 Å². The van der Waals surface area contributed by atoms with E-state index in [0.29, 0.717) is 11.7 Å². The van der Waals surface area contributed by atoms with Crippen LogP contribution in [0, 0.1) is 18.8 Å². The number of piperidine rings is 1. The Morgan fingerprint density at radius 2 is 1.86 bits per heavy atom. The van der Waals surface area contributed by atoms with Crippen LogP contribution in [0.5, 0.6) is 0 Å². The first-order chi connectivity index (χ1) is 14.1. The van der Waals surface area contributed by atoms with Gasteiger partial charge in [0, 0.05) is 30.5 Å². The van der Waals surface area contributed by atoms with Crippen molar-refractivity contribution in [1.82, 2.24) is 14.7 Å². The molecule has 0 bridgehead atoms. The number of nitrogens with zero attached hydrogens (tertiary/aromatic N) is 3. The zero-order chi connectivity index (χ0) is 20.0. The van der Waals surface area contributed by atoms with Crippen LogP contribution in [0.4, 0.5) is 0 Å². The second-order valence-corrected chi connectivity index (χ2v) is 8.94. The largest absolute Gasteiger partial charge is 0.299 e. The van der Waals surface area contributed by atoms with Gasteiger partial charge in [0.1, 0.15) is 0 Å². The number of fused-ring (bicyclic) bond motifs is 2. The fourth-order valence-corrected chi connectivity index (χ4v) is 5.31. The molecule has 1 aromatic heterocycles. The lowest BCUT2D eigenvalue weighted by atomic mass is 9.85. The number of aryl methyl sites for hydroxylation is 2. The van der Waals surface area contributed by atoms with E-state index < -0.39 is 0 Å². The highest BCUT2D eigenvalue weighted by Crippen LogP contribution is 2.36. The summed E-state index contributed by atoms with van der Waals surface area (Å²) >= 11 is 0. The van der Waals surface area contributed by atoms with E-state index in [0.717, 1.165) is 54.6 Å². The van der Waals surface area contributed by atoms with Gasteiger partial charge in [0.15, 0.2) is 5.78 Å². The van der Waals surface area contributed by atoms with E-state index in [-0.39, 0.29) is 5.92 Å². The van der Waals surface area contributed by atoms with Crippen LogP contribution in [0.1, 0.15) is 46.4 Å². The molecule has 1 unspecified atom stereocenters. The van der Waals surface area contributed by atoms with Gasteiger partial charge in [-0.15, -0.1) is 0 Å². The fourth-order valence-electron chi connectivity index (χ4n) is 5.31. The van der Waals surface area contributed by atoms with Crippen molar-refractivity contribution in [3.8, 4) is 0 Å². The number of rotatable bonds is 4. The summed E-state index contributed by atoms with van der Waals surface area (Å²) in [5.41, 5.74) is 5.71. The first kappa shape index (κ1) is 18.6. The third-order valence-electron chi connectivity index (χ3n) is 6.94. The molecule has 2 aromatic carbocycles. The number of Topliss-reactive ketones (excluding diaryl/α,β-unsaturated/α-hetero) is 1. The van der Waals surface area contributed by atoms with Gasteiger partial charge in [-0.1, -0.05) is 30.3 Å². The Balaban J connectivity index is 1.22. The molecule has 5 rings (SSSR count). The van der Waals surface area contributed by atoms with Gasteiger partial charge in [0.25, 0.3) is 0 Å². The van der Waals surface area contributed by atoms with Gasteiger partial charge in [-0.2, -0.15) is 5.10 Å². The molecule has 0 spiro atoms. The van der Waals surface area contributed by atoms with E-state index in [1.807, 2.05) is 18.7 Å². The number of ketones is 1. The molecule has 0 N–H and O–H groups in total. The molecule has 29 heavy (non-hydrogen) atoms. The maximum atomic E-state index is 13.1. The predicted molar refractivity (Wildman–Crippen MR) is 116 cm³/mol. The Hall–Kier alpha value is -2.46. The Kier molecular flexibility index (Phi) is 4.75. The van der Waals surface area contributed by atoms with Gasteiger partial charge in [-0.3, -0.25) is 14.4 Å². The number of hydrogen-bond donors (Lipinski definition) is 0. The van der Waals surface area contributed by atoms with Gasteiger partial charge in [0.2, 0.25) is 0 Å². The zero-order valence-corrected chi connectivity index (χ0v) is 17.4. The summed E-state index contributed by atoms with van der Waals surface area (Å²) < 4.78 is 1.94. The number of likely N-dealkylation sites (tertiary alicyclic amines) is 1. The molecule has 4 heteroatoms. The van der Waals surface area contributed by atoms with Crippen LogP contribution >= 0.6 is 0 Å². The summed E-state index contributed by atoms with van der Waals surface area (Å²) in [6.45, 7) is 5.35. The molecule has 0 radical (unpaired) electrons. The van der Waals surface area contributed by atoms with Crippen LogP contribution in [0.3, 0.4) is 0 Å². The number of aromatic nitrogens is 2. The molecule has 150 valence electrons. The van der Waals surface area contributed by atoms with Gasteiger partial charge in [0.05, 0.1) is 11.2 Å². The van der Waals surface area contributed by atoms with E-state index in [4.69, 9.17) is 0 Å². The highest BCUT2D eigenvalue weighted by Gasteiger charge is 2.34. The molecular weight excluding hydrogens is 358 g/mol. The monoisotopic (exact) mass is 387 g/mol. The van der Waals surface area contributed by atoms with Gasteiger partial charge in [-0.25, -0.2) is 0 Å². The Morgan fingerprint density at radius 3 is 2.62 bits per heavy atom. The lowest BCUT2D eigenvalue weighted by molar-refractivity contribution is 0.0896.